The molecule has 0 amide bonds. The van der Waals surface area contributed by atoms with Crippen LogP contribution < -0.4 is 4.90 Å². The molecule has 0 saturated heterocycles. The average Bonchev–Trinajstić information content (AvgIpc) is 2.48. The molecule has 1 nitrogen and oxygen atoms in total. The Morgan fingerprint density at radius 2 is 1.86 bits per heavy atom. The zero-order valence-corrected chi connectivity index (χ0v) is 13.8. The molecule has 0 aliphatic heterocycles. The minimum atomic E-state index is -4.30. The van der Waals surface area contributed by atoms with E-state index in [2.05, 4.69) is 20.8 Å². The van der Waals surface area contributed by atoms with Crippen molar-refractivity contribution in [3.05, 3.63) is 29.3 Å². The van der Waals surface area contributed by atoms with Gasteiger partial charge in [0.2, 0.25) is 0 Å². The van der Waals surface area contributed by atoms with E-state index in [1.807, 2.05) is 13.0 Å². The second-order valence-electron chi connectivity index (χ2n) is 5.55. The van der Waals surface area contributed by atoms with Gasteiger partial charge in [-0.15, -0.1) is 0 Å². The monoisotopic (exact) mass is 363 g/mol. The average molecular weight is 364 g/mol. The van der Waals surface area contributed by atoms with E-state index in [0.29, 0.717) is 17.3 Å². The van der Waals surface area contributed by atoms with Gasteiger partial charge in [-0.05, 0) is 37.5 Å². The SMILES string of the molecule is CCN(c1ccc(CBr)c(C(F)(F)F)c1)C1CCCCC1. The summed E-state index contributed by atoms with van der Waals surface area (Å²) in [7, 11) is 0. The molecule has 0 bridgehead atoms. The van der Waals surface area contributed by atoms with Crippen LogP contribution in [0.15, 0.2) is 18.2 Å². The first-order chi connectivity index (χ1) is 9.97. The van der Waals surface area contributed by atoms with Crippen molar-refractivity contribution < 1.29 is 13.2 Å². The van der Waals surface area contributed by atoms with Crippen molar-refractivity contribution in [2.45, 2.75) is 56.6 Å². The van der Waals surface area contributed by atoms with Crippen LogP contribution >= 0.6 is 15.9 Å². The van der Waals surface area contributed by atoms with Crippen LogP contribution in [0.5, 0.6) is 0 Å². The third-order valence-electron chi connectivity index (χ3n) is 4.23. The van der Waals surface area contributed by atoms with Crippen molar-refractivity contribution in [1.82, 2.24) is 0 Å². The van der Waals surface area contributed by atoms with Crippen LogP contribution in [0.1, 0.15) is 50.2 Å². The minimum absolute atomic E-state index is 0.220. The normalized spacial score (nSPS) is 17.0. The van der Waals surface area contributed by atoms with E-state index in [-0.39, 0.29) is 5.33 Å². The summed E-state index contributed by atoms with van der Waals surface area (Å²) in [5.74, 6) is 0. The lowest BCUT2D eigenvalue weighted by Crippen LogP contribution is -2.36. The van der Waals surface area contributed by atoms with Gasteiger partial charge in [0.05, 0.1) is 5.56 Å². The molecule has 1 aliphatic rings. The second kappa shape index (κ2) is 7.03. The first kappa shape index (κ1) is 16.7. The fraction of sp³-hybridized carbons (Fsp3) is 0.625. The summed E-state index contributed by atoms with van der Waals surface area (Å²) in [5, 5.41) is 0.220. The van der Waals surface area contributed by atoms with Gasteiger partial charge in [-0.3, -0.25) is 0 Å². The van der Waals surface area contributed by atoms with Gasteiger partial charge in [-0.25, -0.2) is 0 Å². The Morgan fingerprint density at radius 3 is 2.38 bits per heavy atom. The lowest BCUT2D eigenvalue weighted by Gasteiger charge is -2.36. The minimum Gasteiger partial charge on any atom is -0.369 e. The first-order valence-corrected chi connectivity index (χ1v) is 8.62. The highest BCUT2D eigenvalue weighted by molar-refractivity contribution is 9.08. The molecule has 0 atom stereocenters. The van der Waals surface area contributed by atoms with E-state index in [1.165, 1.54) is 25.3 Å². The smallest absolute Gasteiger partial charge is 0.369 e. The maximum Gasteiger partial charge on any atom is 0.416 e. The molecular formula is C16H21BrF3N. The van der Waals surface area contributed by atoms with Crippen molar-refractivity contribution in [2.75, 3.05) is 11.4 Å². The van der Waals surface area contributed by atoms with Gasteiger partial charge in [0.15, 0.2) is 0 Å². The molecule has 0 radical (unpaired) electrons. The molecular weight excluding hydrogens is 343 g/mol. The van der Waals surface area contributed by atoms with Gasteiger partial charge >= 0.3 is 6.18 Å². The first-order valence-electron chi connectivity index (χ1n) is 7.50. The van der Waals surface area contributed by atoms with Crippen molar-refractivity contribution in [1.29, 1.82) is 0 Å². The summed E-state index contributed by atoms with van der Waals surface area (Å²) in [5.41, 5.74) is 0.471. The predicted molar refractivity (Wildman–Crippen MR) is 84.0 cm³/mol. The van der Waals surface area contributed by atoms with E-state index in [1.54, 1.807) is 6.07 Å². The number of rotatable bonds is 4. The molecule has 1 fully saturated rings. The quantitative estimate of drug-likeness (QED) is 0.614. The molecule has 0 spiro atoms. The maximum atomic E-state index is 13.2. The molecule has 0 aromatic heterocycles. The third-order valence-corrected chi connectivity index (χ3v) is 4.83. The van der Waals surface area contributed by atoms with Crippen molar-refractivity contribution >= 4 is 21.6 Å². The van der Waals surface area contributed by atoms with Crippen LogP contribution in [0.2, 0.25) is 0 Å². The lowest BCUT2D eigenvalue weighted by atomic mass is 9.93. The predicted octanol–water partition coefficient (Wildman–Crippen LogP) is 5.76. The summed E-state index contributed by atoms with van der Waals surface area (Å²) >= 11 is 3.14. The molecule has 1 saturated carbocycles. The molecule has 1 aromatic carbocycles. The third kappa shape index (κ3) is 3.93. The van der Waals surface area contributed by atoms with E-state index in [0.717, 1.165) is 19.4 Å². The molecule has 0 N–H and O–H groups in total. The Bertz CT molecular complexity index is 467. The number of anilines is 1. The van der Waals surface area contributed by atoms with Crippen LogP contribution in [-0.2, 0) is 11.5 Å². The largest absolute Gasteiger partial charge is 0.416 e. The number of hydrogen-bond acceptors (Lipinski definition) is 1. The molecule has 1 aliphatic carbocycles. The highest BCUT2D eigenvalue weighted by Gasteiger charge is 2.34. The number of nitrogens with zero attached hydrogens (tertiary/aromatic N) is 1. The summed E-state index contributed by atoms with van der Waals surface area (Å²) < 4.78 is 39.6. The van der Waals surface area contributed by atoms with E-state index in [4.69, 9.17) is 0 Å². The number of alkyl halides is 4. The van der Waals surface area contributed by atoms with Gasteiger partial charge in [0.25, 0.3) is 0 Å². The van der Waals surface area contributed by atoms with Crippen LogP contribution in [0.4, 0.5) is 18.9 Å². The summed E-state index contributed by atoms with van der Waals surface area (Å²) in [6, 6.07) is 5.11. The standard InChI is InChI=1S/C16H21BrF3N/c1-2-21(13-6-4-3-5-7-13)14-9-8-12(11-17)15(10-14)16(18,19)20/h8-10,13H,2-7,11H2,1H3. The van der Waals surface area contributed by atoms with Crippen molar-refractivity contribution in [2.24, 2.45) is 0 Å². The molecule has 0 unspecified atom stereocenters. The maximum absolute atomic E-state index is 13.2. The van der Waals surface area contributed by atoms with Crippen molar-refractivity contribution in [3.8, 4) is 0 Å². The van der Waals surface area contributed by atoms with E-state index >= 15 is 0 Å². The lowest BCUT2D eigenvalue weighted by molar-refractivity contribution is -0.138. The summed E-state index contributed by atoms with van der Waals surface area (Å²) in [6.45, 7) is 2.76. The van der Waals surface area contributed by atoms with Gasteiger partial charge < -0.3 is 4.90 Å². The van der Waals surface area contributed by atoms with E-state index < -0.39 is 11.7 Å². The van der Waals surface area contributed by atoms with Gasteiger partial charge in [0, 0.05) is 23.6 Å². The zero-order valence-electron chi connectivity index (χ0n) is 12.2. The second-order valence-corrected chi connectivity index (χ2v) is 6.11. The molecule has 0 heterocycles. The summed E-state index contributed by atoms with van der Waals surface area (Å²) in [6.07, 6.45) is 1.44. The van der Waals surface area contributed by atoms with Crippen molar-refractivity contribution in [3.63, 3.8) is 0 Å². The van der Waals surface area contributed by atoms with Gasteiger partial charge in [0.1, 0.15) is 0 Å². The fourth-order valence-corrected chi connectivity index (χ4v) is 3.66. The number of hydrogen-bond donors (Lipinski definition) is 0. The van der Waals surface area contributed by atoms with Crippen LogP contribution in [0.25, 0.3) is 0 Å². The van der Waals surface area contributed by atoms with Crippen LogP contribution in [-0.4, -0.2) is 12.6 Å². The fourth-order valence-electron chi connectivity index (χ4n) is 3.17. The Labute approximate surface area is 132 Å². The molecule has 1 aromatic rings. The Balaban J connectivity index is 2.33. The van der Waals surface area contributed by atoms with Crippen LogP contribution in [0.3, 0.4) is 0 Å². The van der Waals surface area contributed by atoms with E-state index in [9.17, 15) is 13.2 Å². The molecule has 2 rings (SSSR count). The number of benzene rings is 1. The van der Waals surface area contributed by atoms with Gasteiger partial charge in [-0.2, -0.15) is 13.2 Å². The molecule has 21 heavy (non-hydrogen) atoms. The van der Waals surface area contributed by atoms with Gasteiger partial charge in [-0.1, -0.05) is 41.3 Å². The Hall–Kier alpha value is -0.710. The van der Waals surface area contributed by atoms with Crippen LogP contribution in [0, 0.1) is 0 Å². The Kier molecular flexibility index (Phi) is 5.58. The summed E-state index contributed by atoms with van der Waals surface area (Å²) in [4.78, 5) is 2.13. The highest BCUT2D eigenvalue weighted by atomic mass is 79.9. The number of halogens is 4. The Morgan fingerprint density at radius 1 is 1.19 bits per heavy atom. The molecule has 5 heteroatoms. The molecule has 118 valence electrons. The zero-order chi connectivity index (χ0) is 15.5. The highest BCUT2D eigenvalue weighted by Crippen LogP contribution is 2.37. The topological polar surface area (TPSA) is 3.24 Å².